The number of methoxy groups -OCH3 is 1. The summed E-state index contributed by atoms with van der Waals surface area (Å²) in [4.78, 5) is 11.5. The van der Waals surface area contributed by atoms with Crippen LogP contribution in [0.3, 0.4) is 0 Å². The van der Waals surface area contributed by atoms with Gasteiger partial charge < -0.3 is 10.5 Å². The van der Waals surface area contributed by atoms with Crippen LogP contribution in [0, 0.1) is 0 Å². The topological polar surface area (TPSA) is 52.3 Å². The maximum Gasteiger partial charge on any atom is 0.314 e. The molecular formula is C13H17NO2. The minimum atomic E-state index is -0.330. The molecule has 0 saturated heterocycles. The van der Waals surface area contributed by atoms with Crippen LogP contribution in [0.15, 0.2) is 24.3 Å². The van der Waals surface area contributed by atoms with Crippen LogP contribution in [0.4, 0.5) is 0 Å². The highest BCUT2D eigenvalue weighted by atomic mass is 16.5. The van der Waals surface area contributed by atoms with Gasteiger partial charge >= 0.3 is 5.97 Å². The second-order valence-corrected chi connectivity index (χ2v) is 4.26. The van der Waals surface area contributed by atoms with E-state index in [1.54, 1.807) is 0 Å². The van der Waals surface area contributed by atoms with Gasteiger partial charge in [0.2, 0.25) is 0 Å². The molecule has 1 atom stereocenters. The summed E-state index contributed by atoms with van der Waals surface area (Å²) in [6.45, 7) is 0.292. The number of ether oxygens (including phenoxy) is 1. The zero-order chi connectivity index (χ0) is 11.5. The minimum Gasteiger partial charge on any atom is -0.469 e. The second-order valence-electron chi connectivity index (χ2n) is 4.26. The first-order valence-corrected chi connectivity index (χ1v) is 5.64. The summed E-state index contributed by atoms with van der Waals surface area (Å²) in [6, 6.07) is 8.15. The highest BCUT2D eigenvalue weighted by molar-refractivity contribution is 5.78. The summed E-state index contributed by atoms with van der Waals surface area (Å²) < 4.78 is 4.75. The van der Waals surface area contributed by atoms with Gasteiger partial charge in [0.1, 0.15) is 0 Å². The Morgan fingerprint density at radius 1 is 1.56 bits per heavy atom. The molecule has 3 heteroatoms. The zero-order valence-electron chi connectivity index (χ0n) is 9.48. The van der Waals surface area contributed by atoms with Crippen LogP contribution in [0.25, 0.3) is 0 Å². The Bertz CT molecular complexity index is 385. The second kappa shape index (κ2) is 4.66. The molecular weight excluding hydrogens is 202 g/mol. The summed E-state index contributed by atoms with van der Waals surface area (Å²) in [7, 11) is 1.40. The van der Waals surface area contributed by atoms with E-state index in [0.29, 0.717) is 12.5 Å². The third-order valence-corrected chi connectivity index (χ3v) is 3.08. The summed E-state index contributed by atoms with van der Waals surface area (Å²) >= 11 is 0. The number of rotatable bonds is 4. The molecule has 0 radical (unpaired) electrons. The molecule has 1 aliphatic rings. The molecule has 0 bridgehead atoms. The van der Waals surface area contributed by atoms with Gasteiger partial charge in [0, 0.05) is 6.54 Å². The van der Waals surface area contributed by atoms with Gasteiger partial charge in [0.15, 0.2) is 0 Å². The third kappa shape index (κ3) is 2.25. The van der Waals surface area contributed by atoms with Gasteiger partial charge in [-0.2, -0.15) is 0 Å². The highest BCUT2D eigenvalue weighted by Gasteiger charge is 2.25. The normalized spacial score (nSPS) is 16.9. The molecule has 0 heterocycles. The van der Waals surface area contributed by atoms with Crippen molar-refractivity contribution in [2.75, 3.05) is 13.7 Å². The first-order chi connectivity index (χ1) is 7.76. The molecule has 1 saturated carbocycles. The average Bonchev–Trinajstić information content (AvgIpc) is 3.14. The number of carbonyl (C=O) groups excluding carboxylic acids is 1. The van der Waals surface area contributed by atoms with Gasteiger partial charge in [-0.05, 0) is 29.9 Å². The summed E-state index contributed by atoms with van der Waals surface area (Å²) in [6.07, 6.45) is 2.52. The molecule has 1 aliphatic carbocycles. The summed E-state index contributed by atoms with van der Waals surface area (Å²) in [5, 5.41) is 0. The van der Waals surface area contributed by atoms with E-state index in [9.17, 15) is 4.79 Å². The van der Waals surface area contributed by atoms with Gasteiger partial charge in [-0.25, -0.2) is 0 Å². The lowest BCUT2D eigenvalue weighted by atomic mass is 9.96. The van der Waals surface area contributed by atoms with Crippen molar-refractivity contribution in [2.45, 2.75) is 24.7 Å². The first-order valence-electron chi connectivity index (χ1n) is 5.64. The largest absolute Gasteiger partial charge is 0.469 e. The monoisotopic (exact) mass is 219 g/mol. The molecule has 0 amide bonds. The lowest BCUT2D eigenvalue weighted by molar-refractivity contribution is -0.142. The first kappa shape index (κ1) is 11.1. The molecule has 0 aromatic heterocycles. The average molecular weight is 219 g/mol. The van der Waals surface area contributed by atoms with Crippen LogP contribution in [0.1, 0.15) is 35.8 Å². The Hall–Kier alpha value is -1.35. The number of benzene rings is 1. The van der Waals surface area contributed by atoms with Crippen molar-refractivity contribution in [1.82, 2.24) is 0 Å². The van der Waals surface area contributed by atoms with E-state index in [4.69, 9.17) is 10.5 Å². The van der Waals surface area contributed by atoms with E-state index in [2.05, 4.69) is 12.1 Å². The number of hydrogen-bond acceptors (Lipinski definition) is 3. The van der Waals surface area contributed by atoms with Crippen LogP contribution >= 0.6 is 0 Å². The number of esters is 1. The Labute approximate surface area is 95.6 Å². The van der Waals surface area contributed by atoms with Gasteiger partial charge in [-0.15, -0.1) is 0 Å². The molecule has 2 N–H and O–H groups in total. The lowest BCUT2D eigenvalue weighted by Gasteiger charge is -2.13. The van der Waals surface area contributed by atoms with Crippen LogP contribution in [-0.2, 0) is 9.53 Å². The van der Waals surface area contributed by atoms with Crippen molar-refractivity contribution < 1.29 is 9.53 Å². The maximum absolute atomic E-state index is 11.5. The van der Waals surface area contributed by atoms with Crippen LogP contribution in [-0.4, -0.2) is 19.6 Å². The van der Waals surface area contributed by atoms with Gasteiger partial charge in [-0.3, -0.25) is 4.79 Å². The van der Waals surface area contributed by atoms with Crippen LogP contribution < -0.4 is 5.73 Å². The van der Waals surface area contributed by atoms with E-state index < -0.39 is 0 Å². The minimum absolute atomic E-state index is 0.254. The van der Waals surface area contributed by atoms with Crippen molar-refractivity contribution in [3.63, 3.8) is 0 Å². The molecule has 86 valence electrons. The van der Waals surface area contributed by atoms with Crippen molar-refractivity contribution in [2.24, 2.45) is 5.73 Å². The van der Waals surface area contributed by atoms with Gasteiger partial charge in [0.25, 0.3) is 0 Å². The number of nitrogens with two attached hydrogens (primary N) is 1. The predicted octanol–water partition coefficient (Wildman–Crippen LogP) is 1.78. The van der Waals surface area contributed by atoms with Crippen molar-refractivity contribution >= 4 is 5.97 Å². The van der Waals surface area contributed by atoms with Crippen molar-refractivity contribution in [1.29, 1.82) is 0 Å². The molecule has 16 heavy (non-hydrogen) atoms. The van der Waals surface area contributed by atoms with Crippen LogP contribution in [0.2, 0.25) is 0 Å². The summed E-state index contributed by atoms with van der Waals surface area (Å²) in [5.74, 6) is 0.107. The zero-order valence-corrected chi connectivity index (χ0v) is 9.48. The molecule has 3 nitrogen and oxygen atoms in total. The third-order valence-electron chi connectivity index (χ3n) is 3.08. The van der Waals surface area contributed by atoms with E-state index in [1.807, 2.05) is 12.1 Å². The summed E-state index contributed by atoms with van der Waals surface area (Å²) in [5.41, 5.74) is 7.91. The quantitative estimate of drug-likeness (QED) is 0.785. The molecule has 1 aromatic carbocycles. The SMILES string of the molecule is COC(=O)C(CN)c1cccc(C2CC2)c1. The van der Waals surface area contributed by atoms with E-state index in [-0.39, 0.29) is 11.9 Å². The van der Waals surface area contributed by atoms with Crippen LogP contribution in [0.5, 0.6) is 0 Å². The standard InChI is InChI=1S/C13H17NO2/c1-16-13(15)12(8-14)11-4-2-3-10(7-11)9-5-6-9/h2-4,7,9,12H,5-6,8,14H2,1H3. The fourth-order valence-electron chi connectivity index (χ4n) is 1.96. The predicted molar refractivity (Wildman–Crippen MR) is 62.2 cm³/mol. The lowest BCUT2D eigenvalue weighted by Crippen LogP contribution is -2.22. The van der Waals surface area contributed by atoms with E-state index >= 15 is 0 Å². The Kier molecular flexibility index (Phi) is 3.25. The molecule has 1 unspecified atom stereocenters. The highest BCUT2D eigenvalue weighted by Crippen LogP contribution is 2.40. The maximum atomic E-state index is 11.5. The van der Waals surface area contributed by atoms with E-state index in [0.717, 1.165) is 5.56 Å². The fraction of sp³-hybridized carbons (Fsp3) is 0.462. The number of hydrogen-bond donors (Lipinski definition) is 1. The Morgan fingerprint density at radius 2 is 2.31 bits per heavy atom. The molecule has 2 rings (SSSR count). The van der Waals surface area contributed by atoms with E-state index in [1.165, 1.54) is 25.5 Å². The van der Waals surface area contributed by atoms with Crippen molar-refractivity contribution in [3.8, 4) is 0 Å². The van der Waals surface area contributed by atoms with Gasteiger partial charge in [0.05, 0.1) is 13.0 Å². The smallest absolute Gasteiger partial charge is 0.314 e. The molecule has 0 aliphatic heterocycles. The van der Waals surface area contributed by atoms with Gasteiger partial charge in [-0.1, -0.05) is 24.3 Å². The molecule has 1 fully saturated rings. The Balaban J connectivity index is 2.23. The Morgan fingerprint density at radius 3 is 2.88 bits per heavy atom. The van der Waals surface area contributed by atoms with Crippen molar-refractivity contribution in [3.05, 3.63) is 35.4 Å². The number of carbonyl (C=O) groups is 1. The molecule has 0 spiro atoms. The molecule has 1 aromatic rings. The fourth-order valence-corrected chi connectivity index (χ4v) is 1.96.